The monoisotopic (exact) mass is 258 g/mol. The number of fused-ring (bicyclic) bond motifs is 1. The minimum atomic E-state index is -0.161. The second kappa shape index (κ2) is 5.13. The van der Waals surface area contributed by atoms with Gasteiger partial charge in [-0.25, -0.2) is 0 Å². The van der Waals surface area contributed by atoms with E-state index in [0.717, 1.165) is 37.7 Å². The van der Waals surface area contributed by atoms with Crippen LogP contribution in [-0.4, -0.2) is 21.0 Å². The number of aromatic nitrogens is 2. The van der Waals surface area contributed by atoms with Crippen molar-refractivity contribution in [1.82, 2.24) is 9.78 Å². The fourth-order valence-electron chi connectivity index (χ4n) is 2.98. The summed E-state index contributed by atoms with van der Waals surface area (Å²) in [7, 11) is 0. The Balaban J connectivity index is 1.85. The minimum absolute atomic E-state index is 0.0345. The fourth-order valence-corrected chi connectivity index (χ4v) is 2.98. The predicted octanol–water partition coefficient (Wildman–Crippen LogP) is 1.95. The van der Waals surface area contributed by atoms with Gasteiger partial charge in [0.25, 0.3) is 0 Å². The van der Waals surface area contributed by atoms with Crippen LogP contribution in [0.15, 0.2) is 35.3 Å². The van der Waals surface area contributed by atoms with Crippen LogP contribution in [-0.2, 0) is 6.54 Å². The number of aliphatic hydroxyl groups is 1. The van der Waals surface area contributed by atoms with E-state index in [0.29, 0.717) is 11.3 Å². The highest BCUT2D eigenvalue weighted by atomic mass is 16.3. The first-order chi connectivity index (χ1) is 9.25. The molecule has 1 N–H and O–H groups in total. The lowest BCUT2D eigenvalue weighted by Gasteiger charge is -2.15. The summed E-state index contributed by atoms with van der Waals surface area (Å²) in [6.45, 7) is 0.753. The van der Waals surface area contributed by atoms with Crippen LogP contribution in [0.2, 0.25) is 0 Å². The number of hydrogen-bond donors (Lipinski definition) is 1. The lowest BCUT2D eigenvalue weighted by Crippen LogP contribution is -2.18. The van der Waals surface area contributed by atoms with Crippen molar-refractivity contribution in [3.05, 3.63) is 40.7 Å². The molecule has 0 spiro atoms. The van der Waals surface area contributed by atoms with Gasteiger partial charge in [0.2, 0.25) is 5.43 Å². The summed E-state index contributed by atoms with van der Waals surface area (Å²) in [4.78, 5) is 11.7. The molecule has 1 aromatic heterocycles. The van der Waals surface area contributed by atoms with Gasteiger partial charge in [0, 0.05) is 11.9 Å². The van der Waals surface area contributed by atoms with E-state index in [2.05, 4.69) is 5.10 Å². The first-order valence-electron chi connectivity index (χ1n) is 6.88. The smallest absolute Gasteiger partial charge is 0.207 e. The van der Waals surface area contributed by atoms with E-state index in [1.54, 1.807) is 0 Å². The van der Waals surface area contributed by atoms with Gasteiger partial charge in [-0.3, -0.25) is 9.48 Å². The highest BCUT2D eigenvalue weighted by Crippen LogP contribution is 2.28. The zero-order valence-electron chi connectivity index (χ0n) is 10.8. The molecule has 0 radical (unpaired) electrons. The van der Waals surface area contributed by atoms with Crippen molar-refractivity contribution in [2.24, 2.45) is 5.92 Å². The van der Waals surface area contributed by atoms with Crippen molar-refractivity contribution in [3.63, 3.8) is 0 Å². The number of benzene rings is 1. The molecule has 1 saturated carbocycles. The third kappa shape index (κ3) is 2.40. The lowest BCUT2D eigenvalue weighted by atomic mass is 10.0. The molecule has 0 aliphatic heterocycles. The van der Waals surface area contributed by atoms with Crippen molar-refractivity contribution < 1.29 is 5.11 Å². The van der Waals surface area contributed by atoms with Gasteiger partial charge in [-0.15, -0.1) is 0 Å². The Kier molecular flexibility index (Phi) is 3.34. The first-order valence-corrected chi connectivity index (χ1v) is 6.88. The van der Waals surface area contributed by atoms with Gasteiger partial charge >= 0.3 is 0 Å². The predicted molar refractivity (Wildman–Crippen MR) is 74.0 cm³/mol. The Bertz CT molecular complexity index is 635. The quantitative estimate of drug-likeness (QED) is 0.915. The summed E-state index contributed by atoms with van der Waals surface area (Å²) in [6, 6.07) is 7.55. The molecule has 1 fully saturated rings. The number of hydrogen-bond acceptors (Lipinski definition) is 3. The normalized spacial score (nSPS) is 23.0. The molecule has 4 nitrogen and oxygen atoms in total. The number of rotatable bonds is 3. The summed E-state index contributed by atoms with van der Waals surface area (Å²) in [5.74, 6) is 0.375. The zero-order valence-corrected chi connectivity index (χ0v) is 10.8. The van der Waals surface area contributed by atoms with Gasteiger partial charge in [-0.2, -0.15) is 5.10 Å². The van der Waals surface area contributed by atoms with Gasteiger partial charge in [0.1, 0.15) is 0 Å². The largest absolute Gasteiger partial charge is 0.393 e. The van der Waals surface area contributed by atoms with Gasteiger partial charge < -0.3 is 5.11 Å². The van der Waals surface area contributed by atoms with E-state index in [4.69, 9.17) is 0 Å². The molecule has 100 valence electrons. The maximum Gasteiger partial charge on any atom is 0.207 e. The maximum atomic E-state index is 11.7. The topological polar surface area (TPSA) is 55.1 Å². The van der Waals surface area contributed by atoms with Crippen LogP contribution in [0.1, 0.15) is 25.7 Å². The second-order valence-electron chi connectivity index (χ2n) is 5.30. The first kappa shape index (κ1) is 12.4. The molecular formula is C15H18N2O2. The van der Waals surface area contributed by atoms with Gasteiger partial charge in [0.05, 0.1) is 17.8 Å². The van der Waals surface area contributed by atoms with Crippen LogP contribution >= 0.6 is 0 Å². The van der Waals surface area contributed by atoms with Crippen LogP contribution in [0.5, 0.6) is 0 Å². The maximum absolute atomic E-state index is 11.7. The van der Waals surface area contributed by atoms with Crippen molar-refractivity contribution in [2.45, 2.75) is 38.3 Å². The van der Waals surface area contributed by atoms with Gasteiger partial charge in [-0.1, -0.05) is 18.6 Å². The molecule has 4 heteroatoms. The molecule has 19 heavy (non-hydrogen) atoms. The van der Waals surface area contributed by atoms with Crippen molar-refractivity contribution in [1.29, 1.82) is 0 Å². The highest BCUT2D eigenvalue weighted by molar-refractivity contribution is 5.77. The summed E-state index contributed by atoms with van der Waals surface area (Å²) in [5.41, 5.74) is 0.843. The van der Waals surface area contributed by atoms with Crippen LogP contribution in [0.25, 0.3) is 10.9 Å². The molecule has 1 aliphatic rings. The standard InChI is InChI=1S/C15H18N2O2/c18-14-7-3-4-11(14)8-9-17-13-6-2-1-5-12(13)15(19)10-16-17/h1-2,5-6,10-11,14,18H,3-4,7-9H2. The second-order valence-corrected chi connectivity index (χ2v) is 5.30. The zero-order chi connectivity index (χ0) is 13.2. The summed E-state index contributed by atoms with van der Waals surface area (Å²) in [5, 5.41) is 14.8. The van der Waals surface area contributed by atoms with E-state index >= 15 is 0 Å². The molecule has 1 aromatic carbocycles. The molecule has 1 heterocycles. The molecule has 1 aliphatic carbocycles. The Morgan fingerprint density at radius 2 is 2.16 bits per heavy atom. The third-order valence-corrected chi connectivity index (χ3v) is 4.09. The Hall–Kier alpha value is -1.68. The van der Waals surface area contributed by atoms with Gasteiger partial charge in [-0.05, 0) is 37.3 Å². The molecule has 2 atom stereocenters. The van der Waals surface area contributed by atoms with E-state index < -0.39 is 0 Å². The van der Waals surface area contributed by atoms with E-state index in [-0.39, 0.29) is 11.5 Å². The number of para-hydroxylation sites is 1. The SMILES string of the molecule is O=c1cnn(CCC2CCCC2O)c2ccccc12. The number of aryl methyl sites for hydroxylation is 1. The van der Waals surface area contributed by atoms with Crippen LogP contribution in [0.3, 0.4) is 0 Å². The molecule has 2 aromatic rings. The van der Waals surface area contributed by atoms with Crippen LogP contribution in [0.4, 0.5) is 0 Å². The Morgan fingerprint density at radius 3 is 2.95 bits per heavy atom. The van der Waals surface area contributed by atoms with Crippen molar-refractivity contribution >= 4 is 10.9 Å². The molecular weight excluding hydrogens is 240 g/mol. The minimum Gasteiger partial charge on any atom is -0.393 e. The Morgan fingerprint density at radius 1 is 1.32 bits per heavy atom. The molecule has 0 saturated heterocycles. The van der Waals surface area contributed by atoms with Crippen molar-refractivity contribution in [2.75, 3.05) is 0 Å². The third-order valence-electron chi connectivity index (χ3n) is 4.09. The number of nitrogens with zero attached hydrogens (tertiary/aromatic N) is 2. The summed E-state index contributed by atoms with van der Waals surface area (Å²) < 4.78 is 1.88. The van der Waals surface area contributed by atoms with Crippen LogP contribution < -0.4 is 5.43 Å². The Labute approximate surface area is 111 Å². The molecule has 0 amide bonds. The number of aliphatic hydroxyl groups excluding tert-OH is 1. The molecule has 2 unspecified atom stereocenters. The fraction of sp³-hybridized carbons (Fsp3) is 0.467. The van der Waals surface area contributed by atoms with Crippen molar-refractivity contribution in [3.8, 4) is 0 Å². The molecule has 0 bridgehead atoms. The average Bonchev–Trinajstić information content (AvgIpc) is 2.84. The lowest BCUT2D eigenvalue weighted by molar-refractivity contribution is 0.125. The van der Waals surface area contributed by atoms with Gasteiger partial charge in [0.15, 0.2) is 0 Å². The highest BCUT2D eigenvalue weighted by Gasteiger charge is 2.24. The summed E-state index contributed by atoms with van der Waals surface area (Å²) >= 11 is 0. The van der Waals surface area contributed by atoms with E-state index in [1.807, 2.05) is 28.9 Å². The van der Waals surface area contributed by atoms with E-state index in [9.17, 15) is 9.90 Å². The average molecular weight is 258 g/mol. The molecule has 3 rings (SSSR count). The van der Waals surface area contributed by atoms with E-state index in [1.165, 1.54) is 6.20 Å². The van der Waals surface area contributed by atoms with Crippen LogP contribution in [0, 0.1) is 5.92 Å². The summed E-state index contributed by atoms with van der Waals surface area (Å²) in [6.07, 6.45) is 5.27.